The standard InChI is InChI=1S/C21H16Cl2N2O3S/c1-13-17(22)20(26)18(23)14(2)19(13)24-21(15-9-5-3-6-10-15)25-29(27,28)16-11-7-4-8-12-16/h3-12H,1-2H3. The summed E-state index contributed by atoms with van der Waals surface area (Å²) < 4.78 is 29.6. The van der Waals surface area contributed by atoms with Crippen LogP contribution in [0.15, 0.2) is 96.2 Å². The van der Waals surface area contributed by atoms with Crippen molar-refractivity contribution in [3.63, 3.8) is 0 Å². The van der Waals surface area contributed by atoms with Gasteiger partial charge in [-0.3, -0.25) is 4.79 Å². The number of ketones is 1. The van der Waals surface area contributed by atoms with Crippen molar-refractivity contribution in [3.05, 3.63) is 87.4 Å². The van der Waals surface area contributed by atoms with Crippen LogP contribution in [0.25, 0.3) is 0 Å². The molecule has 0 unspecified atom stereocenters. The first-order valence-electron chi connectivity index (χ1n) is 8.54. The van der Waals surface area contributed by atoms with Crippen molar-refractivity contribution in [1.29, 1.82) is 0 Å². The maximum absolute atomic E-state index is 12.8. The van der Waals surface area contributed by atoms with Crippen LogP contribution < -0.4 is 0 Å². The number of rotatable bonds is 3. The van der Waals surface area contributed by atoms with Gasteiger partial charge in [0.1, 0.15) is 0 Å². The lowest BCUT2D eigenvalue weighted by Gasteiger charge is -2.17. The molecule has 0 heterocycles. The van der Waals surface area contributed by atoms with Gasteiger partial charge in [0.25, 0.3) is 10.0 Å². The Bertz CT molecular complexity index is 1170. The van der Waals surface area contributed by atoms with Crippen molar-refractivity contribution in [2.24, 2.45) is 9.39 Å². The third-order valence-electron chi connectivity index (χ3n) is 4.26. The molecule has 0 N–H and O–H groups in total. The molecule has 2 aromatic carbocycles. The fraction of sp³-hybridized carbons (Fsp3) is 0.0952. The zero-order valence-corrected chi connectivity index (χ0v) is 17.9. The monoisotopic (exact) mass is 446 g/mol. The topological polar surface area (TPSA) is 75.9 Å². The van der Waals surface area contributed by atoms with Gasteiger partial charge in [0.05, 0.1) is 20.7 Å². The van der Waals surface area contributed by atoms with E-state index in [4.69, 9.17) is 23.2 Å². The lowest BCUT2D eigenvalue weighted by molar-refractivity contribution is -0.111. The number of halogens is 2. The van der Waals surface area contributed by atoms with Crippen LogP contribution in [0, 0.1) is 0 Å². The minimum atomic E-state index is -4.02. The Morgan fingerprint density at radius 1 is 0.828 bits per heavy atom. The largest absolute Gasteiger partial charge is 0.287 e. The van der Waals surface area contributed by atoms with E-state index in [1.807, 2.05) is 0 Å². The first-order chi connectivity index (χ1) is 13.7. The van der Waals surface area contributed by atoms with Crippen molar-refractivity contribution in [2.45, 2.75) is 18.7 Å². The van der Waals surface area contributed by atoms with Crippen LogP contribution in [0.2, 0.25) is 0 Å². The molecule has 5 nitrogen and oxygen atoms in total. The van der Waals surface area contributed by atoms with Gasteiger partial charge in [-0.2, -0.15) is 8.42 Å². The second-order valence-corrected chi connectivity index (χ2v) is 8.60. The summed E-state index contributed by atoms with van der Waals surface area (Å²) in [5.74, 6) is -0.524. The van der Waals surface area contributed by atoms with Gasteiger partial charge in [0.15, 0.2) is 5.84 Å². The second kappa shape index (κ2) is 8.45. The number of amidine groups is 1. The minimum Gasteiger partial charge on any atom is -0.287 e. The van der Waals surface area contributed by atoms with E-state index in [-0.39, 0.29) is 20.8 Å². The molecule has 1 aliphatic rings. The van der Waals surface area contributed by atoms with E-state index in [9.17, 15) is 13.2 Å². The van der Waals surface area contributed by atoms with Gasteiger partial charge < -0.3 is 0 Å². The van der Waals surface area contributed by atoms with Crippen molar-refractivity contribution in [1.82, 2.24) is 0 Å². The molecule has 1 aliphatic carbocycles. The number of allylic oxidation sites excluding steroid dienone is 4. The third-order valence-corrected chi connectivity index (χ3v) is 6.46. The zero-order chi connectivity index (χ0) is 21.2. The van der Waals surface area contributed by atoms with Gasteiger partial charge in [0.2, 0.25) is 5.78 Å². The van der Waals surface area contributed by atoms with E-state index in [0.717, 1.165) is 0 Å². The second-order valence-electron chi connectivity index (χ2n) is 6.24. The number of carbonyl (C=O) groups is 1. The molecule has 0 radical (unpaired) electrons. The van der Waals surface area contributed by atoms with Crippen molar-refractivity contribution in [3.8, 4) is 0 Å². The number of aliphatic imine (C=N–C) groups is 1. The van der Waals surface area contributed by atoms with Gasteiger partial charge in [0, 0.05) is 5.56 Å². The quantitative estimate of drug-likeness (QED) is 0.383. The molecular formula is C21H16Cl2N2O3S. The summed E-state index contributed by atoms with van der Waals surface area (Å²) in [6.07, 6.45) is 0. The number of hydrogen-bond donors (Lipinski definition) is 0. The van der Waals surface area contributed by atoms with Crippen LogP contribution in [0.5, 0.6) is 0 Å². The Morgan fingerprint density at radius 2 is 1.31 bits per heavy atom. The lowest BCUT2D eigenvalue weighted by atomic mass is 9.96. The van der Waals surface area contributed by atoms with E-state index >= 15 is 0 Å². The maximum atomic E-state index is 12.8. The Balaban J connectivity index is 2.24. The average Bonchev–Trinajstić information content (AvgIpc) is 2.74. The molecule has 0 spiro atoms. The molecule has 29 heavy (non-hydrogen) atoms. The number of hydrogen-bond acceptors (Lipinski definition) is 3. The number of sulfonamides is 1. The molecule has 0 aliphatic heterocycles. The zero-order valence-electron chi connectivity index (χ0n) is 15.6. The minimum absolute atomic E-state index is 0.0357. The van der Waals surface area contributed by atoms with Crippen LogP contribution in [0.1, 0.15) is 19.4 Å². The number of benzene rings is 2. The van der Waals surface area contributed by atoms with Crippen molar-refractivity contribution in [2.75, 3.05) is 0 Å². The Morgan fingerprint density at radius 3 is 1.83 bits per heavy atom. The first-order valence-corrected chi connectivity index (χ1v) is 10.7. The smallest absolute Gasteiger partial charge is 0.284 e. The summed E-state index contributed by atoms with van der Waals surface area (Å²) >= 11 is 12.2. The summed E-state index contributed by atoms with van der Waals surface area (Å²) in [6.45, 7) is 3.25. The first kappa shape index (κ1) is 21.2. The third kappa shape index (κ3) is 4.40. The summed E-state index contributed by atoms with van der Waals surface area (Å²) in [6, 6.07) is 16.5. The highest BCUT2D eigenvalue weighted by Gasteiger charge is 2.28. The molecule has 148 valence electrons. The summed E-state index contributed by atoms with van der Waals surface area (Å²) in [5, 5.41) is -0.115. The maximum Gasteiger partial charge on any atom is 0.284 e. The molecule has 0 atom stereocenters. The number of carbonyl (C=O) groups excluding carboxylic acids is 1. The molecule has 2 aromatic rings. The fourth-order valence-corrected chi connectivity index (χ4v) is 4.08. The van der Waals surface area contributed by atoms with E-state index < -0.39 is 15.8 Å². The molecular weight excluding hydrogens is 431 g/mol. The van der Waals surface area contributed by atoms with E-state index in [1.54, 1.807) is 62.4 Å². The van der Waals surface area contributed by atoms with Crippen molar-refractivity contribution < 1.29 is 13.2 Å². The lowest BCUT2D eigenvalue weighted by Crippen LogP contribution is -2.19. The highest BCUT2D eigenvalue weighted by atomic mass is 35.5. The normalized spacial score (nSPS) is 15.8. The highest BCUT2D eigenvalue weighted by molar-refractivity contribution is 7.90. The molecule has 0 fully saturated rings. The van der Waals surface area contributed by atoms with E-state index in [0.29, 0.717) is 22.4 Å². The predicted octanol–water partition coefficient (Wildman–Crippen LogP) is 4.87. The number of Topliss-reactive ketones (excluding diaryl/α,β-unsaturated/α-hetero) is 1. The van der Waals surface area contributed by atoms with Crippen LogP contribution in [0.3, 0.4) is 0 Å². The van der Waals surface area contributed by atoms with Crippen LogP contribution in [0.4, 0.5) is 0 Å². The SMILES string of the molecule is CC1=C(Cl)C(=O)C(Cl)=C(C)C1=NC(=NS(=O)(=O)c1ccccc1)c1ccccc1. The molecule has 0 aromatic heterocycles. The molecule has 0 bridgehead atoms. The molecule has 0 saturated carbocycles. The molecule has 3 rings (SSSR count). The van der Waals surface area contributed by atoms with Gasteiger partial charge in [-0.05, 0) is 37.1 Å². The van der Waals surface area contributed by atoms with Crippen LogP contribution >= 0.6 is 23.2 Å². The Labute approximate surface area is 179 Å². The summed E-state index contributed by atoms with van der Waals surface area (Å²) in [7, 11) is -4.02. The molecule has 8 heteroatoms. The van der Waals surface area contributed by atoms with Crippen LogP contribution in [-0.2, 0) is 14.8 Å². The summed E-state index contributed by atoms with van der Waals surface area (Å²) in [5.41, 5.74) is 1.60. The van der Waals surface area contributed by atoms with Gasteiger partial charge in [-0.1, -0.05) is 71.7 Å². The number of nitrogens with zero attached hydrogens (tertiary/aromatic N) is 2. The summed E-state index contributed by atoms with van der Waals surface area (Å²) in [4.78, 5) is 16.6. The highest BCUT2D eigenvalue weighted by Crippen LogP contribution is 2.30. The van der Waals surface area contributed by atoms with E-state index in [1.165, 1.54) is 12.1 Å². The Hall–Kier alpha value is -2.54. The van der Waals surface area contributed by atoms with Crippen molar-refractivity contribution >= 4 is 50.6 Å². The fourth-order valence-electron chi connectivity index (χ4n) is 2.68. The molecule has 0 saturated heterocycles. The van der Waals surface area contributed by atoms with Crippen LogP contribution in [-0.4, -0.2) is 25.7 Å². The van der Waals surface area contributed by atoms with E-state index in [2.05, 4.69) is 9.39 Å². The molecule has 0 amide bonds. The Kier molecular flexibility index (Phi) is 6.17. The van der Waals surface area contributed by atoms with Gasteiger partial charge in [-0.15, -0.1) is 4.40 Å². The van der Waals surface area contributed by atoms with Gasteiger partial charge >= 0.3 is 0 Å². The average molecular weight is 447 g/mol. The van der Waals surface area contributed by atoms with Gasteiger partial charge in [-0.25, -0.2) is 4.99 Å². The predicted molar refractivity (Wildman–Crippen MR) is 116 cm³/mol.